The predicted molar refractivity (Wildman–Crippen MR) is 85.1 cm³/mol. The van der Waals surface area contributed by atoms with Crippen LogP contribution in [0.5, 0.6) is 0 Å². The van der Waals surface area contributed by atoms with Gasteiger partial charge in [0.25, 0.3) is 0 Å². The fourth-order valence-electron chi connectivity index (χ4n) is 4.65. The second kappa shape index (κ2) is 4.06. The zero-order chi connectivity index (χ0) is 13.1. The molecule has 4 aliphatic rings. The number of hydrogen-bond donors (Lipinski definition) is 0. The Hall–Kier alpha value is -0.870. The molecule has 98 valence electrons. The molecule has 1 heteroatoms. The third-order valence-electron chi connectivity index (χ3n) is 5.23. The van der Waals surface area contributed by atoms with Gasteiger partial charge in [-0.05, 0) is 59.7 Å². The number of fused-ring (bicyclic) bond motifs is 1. The van der Waals surface area contributed by atoms with Crippen LogP contribution in [-0.4, -0.2) is 0 Å². The van der Waals surface area contributed by atoms with Crippen molar-refractivity contribution in [1.82, 2.24) is 0 Å². The Morgan fingerprint density at radius 1 is 1.16 bits per heavy atom. The van der Waals surface area contributed by atoms with E-state index in [0.717, 1.165) is 5.92 Å². The Labute approximate surface area is 118 Å². The van der Waals surface area contributed by atoms with E-state index in [2.05, 4.69) is 47.4 Å². The molecule has 1 aromatic carbocycles. The zero-order valence-corrected chi connectivity index (χ0v) is 12.9. The molecule has 0 N–H and O–H groups in total. The summed E-state index contributed by atoms with van der Waals surface area (Å²) >= 11 is 0. The van der Waals surface area contributed by atoms with E-state index in [-0.39, 0.29) is 0 Å². The summed E-state index contributed by atoms with van der Waals surface area (Å²) in [5.74, 6) is 2.07. The molecular formula is C18H21P. The molecular weight excluding hydrogens is 247 g/mol. The van der Waals surface area contributed by atoms with Crippen LogP contribution in [-0.2, 0) is 0 Å². The molecule has 0 nitrogen and oxygen atoms in total. The predicted octanol–water partition coefficient (Wildman–Crippen LogP) is 4.44. The topological polar surface area (TPSA) is 0 Å². The first-order chi connectivity index (χ1) is 9.16. The molecule has 1 aromatic rings. The van der Waals surface area contributed by atoms with E-state index < -0.39 is 0 Å². The second-order valence-electron chi connectivity index (χ2n) is 6.53. The third kappa shape index (κ3) is 1.56. The lowest BCUT2D eigenvalue weighted by Gasteiger charge is -2.46. The van der Waals surface area contributed by atoms with E-state index in [1.54, 1.807) is 27.8 Å². The van der Waals surface area contributed by atoms with Gasteiger partial charge in [-0.2, -0.15) is 0 Å². The maximum absolute atomic E-state index is 2.96. The van der Waals surface area contributed by atoms with Crippen LogP contribution in [0.4, 0.5) is 0 Å². The molecule has 4 unspecified atom stereocenters. The van der Waals surface area contributed by atoms with Crippen molar-refractivity contribution in [2.75, 3.05) is 0 Å². The number of allylic oxidation sites excluding steroid dienone is 4. The third-order valence-corrected chi connectivity index (χ3v) is 5.73. The van der Waals surface area contributed by atoms with Crippen molar-refractivity contribution in [3.8, 4) is 0 Å². The highest BCUT2D eigenvalue weighted by Crippen LogP contribution is 2.57. The lowest BCUT2D eigenvalue weighted by Crippen LogP contribution is -2.32. The largest absolute Gasteiger partial charge is 0.105 e. The van der Waals surface area contributed by atoms with Crippen LogP contribution in [0, 0.1) is 5.92 Å². The maximum atomic E-state index is 2.96. The Bertz CT molecular complexity index is 621. The lowest BCUT2D eigenvalue weighted by molar-refractivity contribution is 0.488. The molecule has 0 aromatic heterocycles. The van der Waals surface area contributed by atoms with Gasteiger partial charge in [-0.15, -0.1) is 9.24 Å². The summed E-state index contributed by atoms with van der Waals surface area (Å²) in [5.41, 5.74) is 8.27. The van der Waals surface area contributed by atoms with Crippen LogP contribution in [0.2, 0.25) is 0 Å². The van der Waals surface area contributed by atoms with Gasteiger partial charge >= 0.3 is 0 Å². The average Bonchev–Trinajstić information content (AvgIpc) is 2.38. The van der Waals surface area contributed by atoms with Crippen LogP contribution in [0.1, 0.15) is 56.1 Å². The lowest BCUT2D eigenvalue weighted by atomic mass is 9.59. The smallest absolute Gasteiger partial charge is 0.0101 e. The van der Waals surface area contributed by atoms with Gasteiger partial charge in [0.05, 0.1) is 0 Å². The van der Waals surface area contributed by atoms with E-state index in [9.17, 15) is 0 Å². The Balaban J connectivity index is 2.00. The summed E-state index contributed by atoms with van der Waals surface area (Å²) < 4.78 is 0. The first kappa shape index (κ1) is 11.9. The van der Waals surface area contributed by atoms with Crippen LogP contribution < -0.4 is 5.30 Å². The monoisotopic (exact) mass is 268 g/mol. The molecule has 0 aliphatic heterocycles. The van der Waals surface area contributed by atoms with Gasteiger partial charge in [0.1, 0.15) is 0 Å². The molecule has 4 atom stereocenters. The highest BCUT2D eigenvalue weighted by Gasteiger charge is 2.42. The zero-order valence-electron chi connectivity index (χ0n) is 11.7. The van der Waals surface area contributed by atoms with E-state index in [4.69, 9.17) is 0 Å². The second-order valence-corrected chi connectivity index (χ2v) is 7.15. The SMILES string of the molecule is CC1=C2C(=CC(C)C1)C1CCC2c2c(P)cccc21. The molecule has 0 spiro atoms. The Morgan fingerprint density at radius 3 is 2.79 bits per heavy atom. The van der Waals surface area contributed by atoms with Gasteiger partial charge < -0.3 is 0 Å². The van der Waals surface area contributed by atoms with Gasteiger partial charge in [-0.3, -0.25) is 0 Å². The Kier molecular flexibility index (Phi) is 2.55. The summed E-state index contributed by atoms with van der Waals surface area (Å²) in [4.78, 5) is 0. The first-order valence-electron chi connectivity index (χ1n) is 7.47. The molecule has 2 bridgehead atoms. The minimum Gasteiger partial charge on any atom is -0.105 e. The molecule has 0 saturated heterocycles. The average molecular weight is 268 g/mol. The van der Waals surface area contributed by atoms with E-state index in [0.29, 0.717) is 11.8 Å². The fraction of sp³-hybridized carbons (Fsp3) is 0.444. The maximum Gasteiger partial charge on any atom is 0.0101 e. The highest BCUT2D eigenvalue weighted by molar-refractivity contribution is 7.27. The van der Waals surface area contributed by atoms with Crippen molar-refractivity contribution in [2.45, 2.75) is 44.9 Å². The molecule has 0 radical (unpaired) electrons. The fourth-order valence-corrected chi connectivity index (χ4v) is 5.13. The van der Waals surface area contributed by atoms with E-state index in [1.165, 1.54) is 24.6 Å². The van der Waals surface area contributed by atoms with Gasteiger partial charge in [0.2, 0.25) is 0 Å². The molecule has 0 heterocycles. The molecule has 4 aliphatic carbocycles. The summed E-state index contributed by atoms with van der Waals surface area (Å²) in [6, 6.07) is 6.85. The summed E-state index contributed by atoms with van der Waals surface area (Å²) in [7, 11) is 2.96. The van der Waals surface area contributed by atoms with Crippen molar-refractivity contribution >= 4 is 14.5 Å². The van der Waals surface area contributed by atoms with Crippen molar-refractivity contribution in [1.29, 1.82) is 0 Å². The van der Waals surface area contributed by atoms with Crippen molar-refractivity contribution in [2.24, 2.45) is 5.92 Å². The van der Waals surface area contributed by atoms with Gasteiger partial charge in [-0.25, -0.2) is 0 Å². The standard InChI is InChI=1S/C18H21P/c1-10-8-11(2)17-14-7-6-12(15(17)9-10)13-4-3-5-16(19)18(13)14/h3-5,9-10,12,14H,6-8,19H2,1-2H3. The van der Waals surface area contributed by atoms with E-state index >= 15 is 0 Å². The normalized spacial score (nSPS) is 31.9. The quantitative estimate of drug-likeness (QED) is 0.610. The highest BCUT2D eigenvalue weighted by atomic mass is 31.0. The van der Waals surface area contributed by atoms with Crippen LogP contribution in [0.3, 0.4) is 0 Å². The van der Waals surface area contributed by atoms with Gasteiger partial charge in [-0.1, -0.05) is 36.8 Å². The molecule has 1 fully saturated rings. The summed E-state index contributed by atoms with van der Waals surface area (Å²) in [5, 5.41) is 1.42. The van der Waals surface area contributed by atoms with Crippen LogP contribution in [0.15, 0.2) is 41.0 Å². The van der Waals surface area contributed by atoms with Gasteiger partial charge in [0.15, 0.2) is 0 Å². The molecule has 5 rings (SSSR count). The van der Waals surface area contributed by atoms with Crippen LogP contribution in [0.25, 0.3) is 0 Å². The Morgan fingerprint density at radius 2 is 1.95 bits per heavy atom. The number of rotatable bonds is 0. The molecule has 1 saturated carbocycles. The minimum atomic E-state index is 0.674. The van der Waals surface area contributed by atoms with Gasteiger partial charge in [0, 0.05) is 11.8 Å². The number of hydrogen-bond acceptors (Lipinski definition) is 0. The molecule has 0 amide bonds. The summed E-state index contributed by atoms with van der Waals surface area (Å²) in [6.07, 6.45) is 6.52. The van der Waals surface area contributed by atoms with E-state index in [1.807, 2.05) is 0 Å². The number of benzene rings is 1. The van der Waals surface area contributed by atoms with Crippen molar-refractivity contribution < 1.29 is 0 Å². The first-order valence-corrected chi connectivity index (χ1v) is 8.04. The van der Waals surface area contributed by atoms with Crippen molar-refractivity contribution in [3.05, 3.63) is 52.1 Å². The molecule has 19 heavy (non-hydrogen) atoms. The van der Waals surface area contributed by atoms with Crippen LogP contribution >= 0.6 is 9.24 Å². The van der Waals surface area contributed by atoms with Crippen molar-refractivity contribution in [3.63, 3.8) is 0 Å². The summed E-state index contributed by atoms with van der Waals surface area (Å²) in [6.45, 7) is 4.73. The minimum absolute atomic E-state index is 0.674.